The number of aromatic nitrogens is 2. The molecule has 0 aromatic carbocycles. The average molecular weight is 281 g/mol. The first-order chi connectivity index (χ1) is 9.14. The number of rotatable bonds is 2. The molecule has 2 aliphatic rings. The summed E-state index contributed by atoms with van der Waals surface area (Å²) in [5, 5.41) is 7.68. The summed E-state index contributed by atoms with van der Waals surface area (Å²) in [6.07, 6.45) is 4.91. The predicted octanol–water partition coefficient (Wildman–Crippen LogP) is 3.13. The van der Waals surface area contributed by atoms with Crippen molar-refractivity contribution in [3.63, 3.8) is 0 Å². The van der Waals surface area contributed by atoms with Gasteiger partial charge in [-0.05, 0) is 31.1 Å². The molecule has 1 saturated carbocycles. The van der Waals surface area contributed by atoms with Gasteiger partial charge in [0.05, 0.1) is 6.04 Å². The van der Waals surface area contributed by atoms with Crippen molar-refractivity contribution in [2.24, 2.45) is 5.41 Å². The third-order valence-corrected chi connectivity index (χ3v) is 5.44. The molecule has 1 aromatic rings. The van der Waals surface area contributed by atoms with E-state index in [4.69, 9.17) is 4.52 Å². The topological polar surface area (TPSA) is 51.0 Å². The number of hydrogen-bond donors (Lipinski definition) is 1. The summed E-state index contributed by atoms with van der Waals surface area (Å²) in [5.74, 6) is 4.44. The fraction of sp³-hybridized carbons (Fsp3) is 0.857. The average Bonchev–Trinajstić information content (AvgIpc) is 2.89. The van der Waals surface area contributed by atoms with Crippen molar-refractivity contribution in [3.8, 4) is 0 Å². The van der Waals surface area contributed by atoms with Crippen LogP contribution in [-0.4, -0.2) is 28.2 Å². The van der Waals surface area contributed by atoms with E-state index >= 15 is 0 Å². The molecule has 5 heteroatoms. The van der Waals surface area contributed by atoms with Crippen LogP contribution in [0.15, 0.2) is 4.52 Å². The lowest BCUT2D eigenvalue weighted by Gasteiger charge is -2.32. The molecule has 0 radical (unpaired) electrons. The molecule has 106 valence electrons. The zero-order valence-corrected chi connectivity index (χ0v) is 12.6. The van der Waals surface area contributed by atoms with Crippen LogP contribution in [0.4, 0.5) is 0 Å². The first-order valence-corrected chi connectivity index (χ1v) is 8.44. The van der Waals surface area contributed by atoms with Crippen LogP contribution >= 0.6 is 11.8 Å². The first-order valence-electron chi connectivity index (χ1n) is 7.29. The first kappa shape index (κ1) is 13.4. The largest absolute Gasteiger partial charge is 0.338 e. The van der Waals surface area contributed by atoms with E-state index in [0.717, 1.165) is 24.0 Å². The smallest absolute Gasteiger partial charge is 0.244 e. The molecule has 2 heterocycles. The van der Waals surface area contributed by atoms with Crippen molar-refractivity contribution in [2.45, 2.75) is 51.5 Å². The minimum absolute atomic E-state index is 0.250. The summed E-state index contributed by atoms with van der Waals surface area (Å²) in [6, 6.07) is 0.250. The Kier molecular flexibility index (Phi) is 3.85. The van der Waals surface area contributed by atoms with Gasteiger partial charge in [0.1, 0.15) is 0 Å². The summed E-state index contributed by atoms with van der Waals surface area (Å²) < 4.78 is 5.47. The Balaban J connectivity index is 1.64. The van der Waals surface area contributed by atoms with E-state index in [2.05, 4.69) is 29.3 Å². The van der Waals surface area contributed by atoms with E-state index in [-0.39, 0.29) is 6.04 Å². The van der Waals surface area contributed by atoms with E-state index in [9.17, 15) is 0 Å². The molecule has 1 aliphatic carbocycles. The van der Waals surface area contributed by atoms with Crippen LogP contribution in [0.25, 0.3) is 0 Å². The van der Waals surface area contributed by atoms with Crippen LogP contribution in [0.5, 0.6) is 0 Å². The van der Waals surface area contributed by atoms with Crippen LogP contribution in [0.3, 0.4) is 0 Å². The molecule has 0 bridgehead atoms. The lowest BCUT2D eigenvalue weighted by molar-refractivity contribution is 0.218. The fourth-order valence-corrected chi connectivity index (χ4v) is 3.86. The van der Waals surface area contributed by atoms with Crippen molar-refractivity contribution >= 4 is 11.8 Å². The van der Waals surface area contributed by atoms with Crippen molar-refractivity contribution < 1.29 is 4.52 Å². The zero-order chi connectivity index (χ0) is 13.3. The number of nitrogens with zero attached hydrogens (tertiary/aromatic N) is 2. The van der Waals surface area contributed by atoms with Gasteiger partial charge in [-0.25, -0.2) is 0 Å². The second-order valence-electron chi connectivity index (χ2n) is 6.51. The molecule has 1 saturated heterocycles. The second-order valence-corrected chi connectivity index (χ2v) is 7.66. The Hall–Kier alpha value is -0.550. The van der Waals surface area contributed by atoms with E-state index < -0.39 is 0 Å². The summed E-state index contributed by atoms with van der Waals surface area (Å²) in [4.78, 5) is 4.65. The van der Waals surface area contributed by atoms with Crippen molar-refractivity contribution in [3.05, 3.63) is 11.7 Å². The van der Waals surface area contributed by atoms with Crippen molar-refractivity contribution in [1.29, 1.82) is 0 Å². The third kappa shape index (κ3) is 3.14. The summed E-state index contributed by atoms with van der Waals surface area (Å²) in [7, 11) is 0. The Bertz CT molecular complexity index is 416. The summed E-state index contributed by atoms with van der Waals surface area (Å²) >= 11 is 1.95. The molecule has 1 aliphatic heterocycles. The molecule has 4 nitrogen and oxygen atoms in total. The maximum absolute atomic E-state index is 5.47. The number of thioether (sulfide) groups is 1. The van der Waals surface area contributed by atoms with Gasteiger partial charge >= 0.3 is 0 Å². The molecule has 0 spiro atoms. The maximum Gasteiger partial charge on any atom is 0.244 e. The normalized spacial score (nSPS) is 28.4. The third-order valence-electron chi connectivity index (χ3n) is 4.38. The highest BCUT2D eigenvalue weighted by molar-refractivity contribution is 7.99. The highest BCUT2D eigenvalue weighted by Crippen LogP contribution is 2.41. The van der Waals surface area contributed by atoms with Crippen LogP contribution in [0.1, 0.15) is 63.2 Å². The van der Waals surface area contributed by atoms with Crippen LogP contribution < -0.4 is 5.32 Å². The summed E-state index contributed by atoms with van der Waals surface area (Å²) in [5.41, 5.74) is 0.491. The molecule has 1 unspecified atom stereocenters. The fourth-order valence-electron chi connectivity index (χ4n) is 2.94. The Morgan fingerprint density at radius 3 is 2.79 bits per heavy atom. The van der Waals surface area contributed by atoms with Gasteiger partial charge in [0, 0.05) is 24.0 Å². The van der Waals surface area contributed by atoms with E-state index in [0.29, 0.717) is 11.3 Å². The van der Waals surface area contributed by atoms with Crippen LogP contribution in [0.2, 0.25) is 0 Å². The summed E-state index contributed by atoms with van der Waals surface area (Å²) in [6.45, 7) is 5.74. The predicted molar refractivity (Wildman–Crippen MR) is 77.4 cm³/mol. The van der Waals surface area contributed by atoms with Gasteiger partial charge in [0.25, 0.3) is 0 Å². The van der Waals surface area contributed by atoms with Gasteiger partial charge in [-0.1, -0.05) is 19.0 Å². The number of nitrogens with one attached hydrogen (secondary N) is 1. The van der Waals surface area contributed by atoms with Gasteiger partial charge in [-0.2, -0.15) is 16.7 Å². The standard InChI is InChI=1S/C14H23N3OS/c1-14(2)5-3-10(4-6-14)12-16-13(18-17-12)11-9-19-8-7-15-11/h10-11,15H,3-9H2,1-2H3. The SMILES string of the molecule is CC1(C)CCC(c2noc(C3CSCCN3)n2)CC1. The van der Waals surface area contributed by atoms with Crippen LogP contribution in [0, 0.1) is 5.41 Å². The lowest BCUT2D eigenvalue weighted by atomic mass is 9.73. The molecule has 1 atom stereocenters. The number of hydrogen-bond acceptors (Lipinski definition) is 5. The van der Waals surface area contributed by atoms with Gasteiger partial charge < -0.3 is 9.84 Å². The molecule has 3 rings (SSSR count). The molecule has 1 aromatic heterocycles. The minimum atomic E-state index is 0.250. The molecule has 1 N–H and O–H groups in total. The van der Waals surface area contributed by atoms with Gasteiger partial charge in [0.15, 0.2) is 5.82 Å². The maximum atomic E-state index is 5.47. The van der Waals surface area contributed by atoms with Gasteiger partial charge in [-0.3, -0.25) is 0 Å². The Morgan fingerprint density at radius 1 is 1.32 bits per heavy atom. The molecular weight excluding hydrogens is 258 g/mol. The van der Waals surface area contributed by atoms with Gasteiger partial charge in [0.2, 0.25) is 5.89 Å². The van der Waals surface area contributed by atoms with Gasteiger partial charge in [-0.15, -0.1) is 0 Å². The molecule has 0 amide bonds. The second kappa shape index (κ2) is 5.44. The zero-order valence-electron chi connectivity index (χ0n) is 11.8. The highest BCUT2D eigenvalue weighted by atomic mass is 32.2. The lowest BCUT2D eigenvalue weighted by Crippen LogP contribution is -2.30. The minimum Gasteiger partial charge on any atom is -0.338 e. The Labute approximate surface area is 119 Å². The van der Waals surface area contributed by atoms with E-state index in [1.807, 2.05) is 11.8 Å². The Morgan fingerprint density at radius 2 is 2.11 bits per heavy atom. The van der Waals surface area contributed by atoms with E-state index in [1.165, 1.54) is 31.4 Å². The molecular formula is C14H23N3OS. The quantitative estimate of drug-likeness (QED) is 0.902. The monoisotopic (exact) mass is 281 g/mol. The van der Waals surface area contributed by atoms with Crippen molar-refractivity contribution in [2.75, 3.05) is 18.1 Å². The highest BCUT2D eigenvalue weighted by Gasteiger charge is 2.31. The van der Waals surface area contributed by atoms with Crippen LogP contribution in [-0.2, 0) is 0 Å². The molecule has 2 fully saturated rings. The van der Waals surface area contributed by atoms with Crippen molar-refractivity contribution in [1.82, 2.24) is 15.5 Å². The van der Waals surface area contributed by atoms with E-state index in [1.54, 1.807) is 0 Å². The molecule has 19 heavy (non-hydrogen) atoms.